The molecule has 0 aliphatic rings. The number of hydrogen-bond acceptors (Lipinski definition) is 4. The molecule has 0 aliphatic carbocycles. The molecule has 8 nitrogen and oxygen atoms in total. The zero-order valence-corrected chi connectivity index (χ0v) is 15.6. The molecule has 0 N–H and O–H groups in total. The largest absolute Gasteiger partial charge is 0.518 e. The van der Waals surface area contributed by atoms with Gasteiger partial charge < -0.3 is 4.10 Å². The molecule has 13 heteroatoms. The molecule has 0 aromatic carbocycles. The lowest BCUT2D eigenvalue weighted by Gasteiger charge is -2.25. The second-order valence-corrected chi connectivity index (χ2v) is 7.57. The second kappa shape index (κ2) is 7.26. The Morgan fingerprint density at radius 2 is 1.80 bits per heavy atom. The molecule has 25 heavy (non-hydrogen) atoms. The van der Waals surface area contributed by atoms with Crippen molar-refractivity contribution in [2.75, 3.05) is 0 Å². The van der Waals surface area contributed by atoms with Crippen molar-refractivity contribution in [3.05, 3.63) is 21.8 Å². The van der Waals surface area contributed by atoms with Crippen molar-refractivity contribution >= 4 is 22.9 Å². The molecule has 0 amide bonds. The number of rotatable bonds is 6. The predicted octanol–water partition coefficient (Wildman–Crippen LogP) is 2.43. The number of hydrogen-bond donors (Lipinski definition) is 0. The van der Waals surface area contributed by atoms with Gasteiger partial charge in [-0.2, -0.15) is 21.6 Å². The van der Waals surface area contributed by atoms with E-state index in [1.807, 2.05) is 0 Å². The van der Waals surface area contributed by atoms with Crippen LogP contribution < -0.4 is 10.3 Å². The SMILES string of the molecule is Cc1c(C)[n+](C(C)C)c([B-](N=[N+]=[N-])OS(=O)(=O)C(F)(F)F)n1C(C)C. The van der Waals surface area contributed by atoms with Gasteiger partial charge in [0.15, 0.2) is 0 Å². The highest BCUT2D eigenvalue weighted by atomic mass is 32.2. The van der Waals surface area contributed by atoms with E-state index < -0.39 is 22.7 Å². The second-order valence-electron chi connectivity index (χ2n) is 6.01. The van der Waals surface area contributed by atoms with E-state index in [1.165, 1.54) is 0 Å². The number of aromatic nitrogens is 2. The minimum absolute atomic E-state index is 0.0330. The first-order valence-electron chi connectivity index (χ1n) is 7.42. The molecule has 0 unspecified atom stereocenters. The van der Waals surface area contributed by atoms with E-state index in [0.717, 1.165) is 0 Å². The maximum absolute atomic E-state index is 12.7. The number of alkyl halides is 3. The van der Waals surface area contributed by atoms with Gasteiger partial charge >= 0.3 is 15.6 Å². The van der Waals surface area contributed by atoms with Gasteiger partial charge in [0.25, 0.3) is 0 Å². The smallest absolute Gasteiger partial charge is 0.494 e. The third-order valence-electron chi connectivity index (χ3n) is 3.65. The first-order valence-corrected chi connectivity index (χ1v) is 8.83. The molecule has 0 spiro atoms. The van der Waals surface area contributed by atoms with Crippen molar-refractivity contribution in [2.45, 2.75) is 59.1 Å². The van der Waals surface area contributed by atoms with Crippen molar-refractivity contribution in [1.29, 1.82) is 0 Å². The molecular formula is C12H20BF3N5O3S. The van der Waals surface area contributed by atoms with Crippen molar-refractivity contribution in [3.63, 3.8) is 0 Å². The third-order valence-corrected chi connectivity index (χ3v) is 4.65. The number of nitrogens with zero attached hydrogens (tertiary/aromatic N) is 5. The van der Waals surface area contributed by atoms with E-state index in [9.17, 15) is 21.6 Å². The zero-order chi connectivity index (χ0) is 19.7. The standard InChI is InChI=1S/C12H20BF3N5O3S/c1-7(2)20-9(5)10(6)21(8(3)4)11(20)13(18-19-17)24-25(22,23)12(14,15)16/h7-8H,1-6H3. The molecule has 1 aromatic heterocycles. The number of halogens is 3. The van der Waals surface area contributed by atoms with Crippen LogP contribution in [0.4, 0.5) is 13.2 Å². The van der Waals surface area contributed by atoms with Crippen LogP contribution in [0.5, 0.6) is 0 Å². The summed E-state index contributed by atoms with van der Waals surface area (Å²) in [7, 11) is -7.94. The molecule has 0 fully saturated rings. The summed E-state index contributed by atoms with van der Waals surface area (Å²) in [6.07, 6.45) is 0. The van der Waals surface area contributed by atoms with Gasteiger partial charge in [0.2, 0.25) is 7.05 Å². The van der Waals surface area contributed by atoms with Crippen molar-refractivity contribution in [2.24, 2.45) is 5.03 Å². The van der Waals surface area contributed by atoms with Crippen LogP contribution in [0, 0.1) is 13.8 Å². The predicted molar refractivity (Wildman–Crippen MR) is 85.5 cm³/mol. The van der Waals surface area contributed by atoms with E-state index in [1.54, 1.807) is 50.7 Å². The molecule has 1 rings (SSSR count). The molecule has 1 aromatic rings. The van der Waals surface area contributed by atoms with Crippen LogP contribution in [0.25, 0.3) is 10.4 Å². The summed E-state index contributed by atoms with van der Waals surface area (Å²) in [4.78, 5) is 2.46. The normalized spacial score (nSPS) is 13.0. The average Bonchev–Trinajstić information content (AvgIpc) is 2.69. The summed E-state index contributed by atoms with van der Waals surface area (Å²) in [6, 6.07) is -0.468. The highest BCUT2D eigenvalue weighted by molar-refractivity contribution is 7.88. The van der Waals surface area contributed by atoms with Crippen LogP contribution >= 0.6 is 0 Å². The summed E-state index contributed by atoms with van der Waals surface area (Å²) in [5, 5.41) is 3.17. The lowest BCUT2D eigenvalue weighted by atomic mass is 9.83. The van der Waals surface area contributed by atoms with E-state index in [2.05, 4.69) is 14.0 Å². The highest BCUT2D eigenvalue weighted by Gasteiger charge is 2.46. The minimum atomic E-state index is -5.95. The average molecular weight is 382 g/mol. The van der Waals surface area contributed by atoms with E-state index in [0.29, 0.717) is 11.4 Å². The maximum atomic E-state index is 12.7. The molecule has 0 atom stereocenters. The first-order chi connectivity index (χ1) is 11.3. The summed E-state index contributed by atoms with van der Waals surface area (Å²) in [6.45, 7) is 10.6. The van der Waals surface area contributed by atoms with Gasteiger partial charge in [0, 0.05) is 13.8 Å². The minimum Gasteiger partial charge on any atom is -0.494 e. The van der Waals surface area contributed by atoms with Crippen LogP contribution in [0.2, 0.25) is 0 Å². The van der Waals surface area contributed by atoms with Gasteiger partial charge in [-0.05, 0) is 38.1 Å². The zero-order valence-electron chi connectivity index (χ0n) is 14.7. The first kappa shape index (κ1) is 21.3. The quantitative estimate of drug-likeness (QED) is 0.189. The van der Waals surface area contributed by atoms with Gasteiger partial charge in [0.05, 0.1) is 17.8 Å². The van der Waals surface area contributed by atoms with Gasteiger partial charge in [-0.3, -0.25) is 14.2 Å². The Labute approximate surface area is 144 Å². The van der Waals surface area contributed by atoms with Crippen molar-refractivity contribution < 1.29 is 30.3 Å². The Bertz CT molecular complexity index is 766. The summed E-state index contributed by atoms with van der Waals surface area (Å²) < 4.78 is 68.4. The fraction of sp³-hybridized carbons (Fsp3) is 0.750. The van der Waals surface area contributed by atoms with E-state index in [4.69, 9.17) is 5.53 Å². The maximum Gasteiger partial charge on any atom is 0.518 e. The fourth-order valence-corrected chi connectivity index (χ4v) is 3.16. The highest BCUT2D eigenvalue weighted by Crippen LogP contribution is 2.25. The Balaban J connectivity index is 3.73. The Morgan fingerprint density at radius 3 is 2.16 bits per heavy atom. The summed E-state index contributed by atoms with van der Waals surface area (Å²) in [5.74, 6) is 0. The third kappa shape index (κ3) is 4.10. The van der Waals surface area contributed by atoms with E-state index >= 15 is 0 Å². The Kier molecular flexibility index (Phi) is 6.20. The lowest BCUT2D eigenvalue weighted by Crippen LogP contribution is -2.61. The molecule has 0 bridgehead atoms. The summed E-state index contributed by atoms with van der Waals surface area (Å²) >= 11 is 0. The monoisotopic (exact) mass is 382 g/mol. The van der Waals surface area contributed by atoms with Gasteiger partial charge in [-0.15, -0.1) is 0 Å². The van der Waals surface area contributed by atoms with E-state index in [-0.39, 0.29) is 17.8 Å². The van der Waals surface area contributed by atoms with Crippen molar-refractivity contribution in [3.8, 4) is 0 Å². The van der Waals surface area contributed by atoms with Crippen LogP contribution in [-0.2, 0) is 14.2 Å². The van der Waals surface area contributed by atoms with Gasteiger partial charge in [-0.25, -0.2) is 0 Å². The molecule has 1 heterocycles. The van der Waals surface area contributed by atoms with Crippen LogP contribution in [0.15, 0.2) is 5.03 Å². The molecule has 141 valence electrons. The fourth-order valence-electron chi connectivity index (χ4n) is 2.69. The Hall–Kier alpha value is -1.72. The number of imidazole rings is 1. The van der Waals surface area contributed by atoms with Crippen LogP contribution in [-0.4, -0.2) is 25.5 Å². The lowest BCUT2D eigenvalue weighted by molar-refractivity contribution is -0.705. The van der Waals surface area contributed by atoms with Gasteiger partial charge in [0.1, 0.15) is 11.4 Å². The number of azide groups is 1. The topological polar surface area (TPSA) is 101 Å². The van der Waals surface area contributed by atoms with Gasteiger partial charge in [-0.1, -0.05) is 0 Å². The summed E-state index contributed by atoms with van der Waals surface area (Å²) in [5.41, 5.74) is 4.52. The molecule has 0 saturated heterocycles. The molecule has 0 saturated carbocycles. The molecular weight excluding hydrogens is 362 g/mol. The van der Waals surface area contributed by atoms with Crippen molar-refractivity contribution in [1.82, 2.24) is 4.57 Å². The molecule has 1 radical (unpaired) electrons. The van der Waals surface area contributed by atoms with Crippen LogP contribution in [0.1, 0.15) is 51.2 Å². The Morgan fingerprint density at radius 1 is 1.28 bits per heavy atom. The van der Waals surface area contributed by atoms with Crippen LogP contribution in [0.3, 0.4) is 0 Å². The molecule has 0 aliphatic heterocycles.